The van der Waals surface area contributed by atoms with Crippen molar-refractivity contribution >= 4 is 0 Å². The monoisotopic (exact) mass is 482 g/mol. The van der Waals surface area contributed by atoms with Gasteiger partial charge in [-0.2, -0.15) is 11.1 Å². The van der Waals surface area contributed by atoms with E-state index >= 15 is 0 Å². The van der Waals surface area contributed by atoms with Crippen LogP contribution in [0.2, 0.25) is 0 Å². The summed E-state index contributed by atoms with van der Waals surface area (Å²) < 4.78 is 0. The van der Waals surface area contributed by atoms with Crippen LogP contribution < -0.4 is 24.8 Å². The van der Waals surface area contributed by atoms with E-state index in [2.05, 4.69) is 51.0 Å². The molecular formula is C24H34Cl2Zr. The van der Waals surface area contributed by atoms with Gasteiger partial charge in [-0.3, -0.25) is 0 Å². The fourth-order valence-electron chi connectivity index (χ4n) is 4.52. The number of hydrogen-bond acceptors (Lipinski definition) is 0. The molecule has 4 aliphatic carbocycles. The standard InChI is InChI=1S/2C12H17.2ClH.Zr/c2*1-10-8-9-11-6-4-2-3-5-7-12(10)11;;;/h2*7-9,11H,2-6H2,1H3;2*1H;/q2*-1;;;+4/p-2. The molecule has 2 fully saturated rings. The largest absolute Gasteiger partial charge is 4.00 e. The van der Waals surface area contributed by atoms with Crippen molar-refractivity contribution in [1.82, 2.24) is 0 Å². The number of hydrogen-bond donors (Lipinski definition) is 0. The zero-order chi connectivity index (χ0) is 16.8. The van der Waals surface area contributed by atoms with Gasteiger partial charge in [0.25, 0.3) is 0 Å². The van der Waals surface area contributed by atoms with Crippen LogP contribution in [0.5, 0.6) is 0 Å². The van der Waals surface area contributed by atoms with Gasteiger partial charge in [0, 0.05) is 0 Å². The van der Waals surface area contributed by atoms with E-state index in [4.69, 9.17) is 0 Å². The molecule has 4 rings (SSSR count). The summed E-state index contributed by atoms with van der Waals surface area (Å²) in [6.45, 7) is 4.48. The Bertz CT molecular complexity index is 507. The maximum absolute atomic E-state index is 2.46. The number of rotatable bonds is 0. The second-order valence-corrected chi connectivity index (χ2v) is 7.89. The van der Waals surface area contributed by atoms with E-state index in [0.29, 0.717) is 0 Å². The summed E-state index contributed by atoms with van der Waals surface area (Å²) in [5.41, 5.74) is 6.24. The molecule has 0 aromatic rings. The topological polar surface area (TPSA) is 0 Å². The molecule has 148 valence electrons. The van der Waals surface area contributed by atoms with Gasteiger partial charge in [-0.15, -0.1) is 38.8 Å². The van der Waals surface area contributed by atoms with Crippen molar-refractivity contribution in [3.8, 4) is 0 Å². The van der Waals surface area contributed by atoms with Crippen LogP contribution in [0, 0.1) is 24.7 Å². The molecule has 2 unspecified atom stereocenters. The summed E-state index contributed by atoms with van der Waals surface area (Å²) in [5.74, 6) is 1.54. The molecular weight excluding hydrogens is 450 g/mol. The molecule has 3 heteroatoms. The van der Waals surface area contributed by atoms with Crippen LogP contribution in [0.25, 0.3) is 0 Å². The molecule has 0 N–H and O–H groups in total. The third-order valence-corrected chi connectivity index (χ3v) is 6.03. The molecule has 0 nitrogen and oxygen atoms in total. The normalized spacial score (nSPS) is 26.0. The number of fused-ring (bicyclic) bond motifs is 2. The van der Waals surface area contributed by atoms with E-state index in [9.17, 15) is 0 Å². The van der Waals surface area contributed by atoms with Crippen LogP contribution in [0.1, 0.15) is 78.1 Å². The summed E-state index contributed by atoms with van der Waals surface area (Å²) in [7, 11) is 0. The summed E-state index contributed by atoms with van der Waals surface area (Å²) >= 11 is 0. The van der Waals surface area contributed by atoms with Crippen molar-refractivity contribution in [3.05, 3.63) is 59.4 Å². The van der Waals surface area contributed by atoms with Crippen LogP contribution in [0.4, 0.5) is 0 Å². The molecule has 0 heterocycles. The zero-order valence-corrected chi connectivity index (χ0v) is 20.9. The second kappa shape index (κ2) is 14.2. The van der Waals surface area contributed by atoms with Gasteiger partial charge in [0.1, 0.15) is 0 Å². The van der Waals surface area contributed by atoms with Crippen molar-refractivity contribution in [2.24, 2.45) is 11.8 Å². The van der Waals surface area contributed by atoms with E-state index in [1.54, 1.807) is 11.1 Å². The van der Waals surface area contributed by atoms with Gasteiger partial charge in [0.2, 0.25) is 0 Å². The van der Waals surface area contributed by atoms with Gasteiger partial charge in [0.15, 0.2) is 0 Å². The number of halogens is 2. The molecule has 2 saturated carbocycles. The van der Waals surface area contributed by atoms with Crippen LogP contribution in [-0.4, -0.2) is 0 Å². The molecule has 0 aromatic carbocycles. The Labute approximate surface area is 199 Å². The van der Waals surface area contributed by atoms with Gasteiger partial charge in [-0.05, 0) is 24.7 Å². The quantitative estimate of drug-likeness (QED) is 0.455. The van der Waals surface area contributed by atoms with E-state index in [1.807, 2.05) is 0 Å². The fourth-order valence-corrected chi connectivity index (χ4v) is 4.52. The maximum Gasteiger partial charge on any atom is 4.00 e. The molecule has 0 aromatic heterocycles. The Morgan fingerprint density at radius 3 is 1.48 bits per heavy atom. The minimum absolute atomic E-state index is 0. The molecule has 0 bridgehead atoms. The van der Waals surface area contributed by atoms with Crippen molar-refractivity contribution in [3.63, 3.8) is 0 Å². The van der Waals surface area contributed by atoms with E-state index in [1.165, 1.54) is 75.4 Å². The van der Waals surface area contributed by atoms with Crippen molar-refractivity contribution < 1.29 is 51.0 Å². The van der Waals surface area contributed by atoms with Gasteiger partial charge in [0.05, 0.1) is 0 Å². The van der Waals surface area contributed by atoms with Crippen LogP contribution in [0.15, 0.2) is 46.6 Å². The Morgan fingerprint density at radius 1 is 0.667 bits per heavy atom. The average Bonchev–Trinajstić information content (AvgIpc) is 3.02. The van der Waals surface area contributed by atoms with Crippen LogP contribution in [-0.2, 0) is 26.2 Å². The molecule has 0 amide bonds. The summed E-state index contributed by atoms with van der Waals surface area (Å²) in [6.07, 6.45) is 28.1. The fraction of sp³-hybridized carbons (Fsp3) is 0.583. The predicted octanol–water partition coefficient (Wildman–Crippen LogP) is 1.32. The first-order valence-electron chi connectivity index (χ1n) is 10.2. The molecule has 0 saturated heterocycles. The molecule has 0 spiro atoms. The Kier molecular flexibility index (Phi) is 14.3. The van der Waals surface area contributed by atoms with E-state index in [0.717, 1.165) is 11.8 Å². The first kappa shape index (κ1) is 27.2. The Balaban J connectivity index is 0.000000451. The molecule has 0 radical (unpaired) electrons. The van der Waals surface area contributed by atoms with Crippen molar-refractivity contribution in [2.75, 3.05) is 0 Å². The van der Waals surface area contributed by atoms with Crippen LogP contribution in [0.3, 0.4) is 0 Å². The minimum Gasteiger partial charge on any atom is -1.00 e. The smallest absolute Gasteiger partial charge is 1.00 e. The zero-order valence-electron chi connectivity index (χ0n) is 16.9. The van der Waals surface area contributed by atoms with Gasteiger partial charge in [-0.1, -0.05) is 50.7 Å². The maximum atomic E-state index is 2.46. The molecule has 2 atom stereocenters. The molecule has 27 heavy (non-hydrogen) atoms. The SMILES string of the molecule is CC1=C2[CH-]CCCCCC2C=C1.CC1=C2[CH-]CCCCCC2C=C1.[Cl-].[Cl-].[Zr+4]. The average molecular weight is 485 g/mol. The first-order valence-corrected chi connectivity index (χ1v) is 10.2. The molecule has 0 aliphatic heterocycles. The van der Waals surface area contributed by atoms with Gasteiger partial charge >= 0.3 is 26.2 Å². The third-order valence-electron chi connectivity index (χ3n) is 6.03. The summed E-state index contributed by atoms with van der Waals surface area (Å²) in [6, 6.07) is 0. The summed E-state index contributed by atoms with van der Waals surface area (Å²) in [5, 5.41) is 0. The predicted molar refractivity (Wildman–Crippen MR) is 105 cm³/mol. The summed E-state index contributed by atoms with van der Waals surface area (Å²) in [4.78, 5) is 0. The van der Waals surface area contributed by atoms with Crippen molar-refractivity contribution in [2.45, 2.75) is 78.1 Å². The van der Waals surface area contributed by atoms with Gasteiger partial charge in [-0.25, -0.2) is 24.0 Å². The number of allylic oxidation sites excluding steroid dienone is 8. The Hall–Kier alpha value is 0.163. The van der Waals surface area contributed by atoms with Crippen LogP contribution >= 0.6 is 0 Å². The molecule has 4 aliphatic rings. The van der Waals surface area contributed by atoms with Gasteiger partial charge < -0.3 is 24.8 Å². The van der Waals surface area contributed by atoms with E-state index in [-0.39, 0.29) is 51.0 Å². The van der Waals surface area contributed by atoms with E-state index < -0.39 is 0 Å². The Morgan fingerprint density at radius 2 is 1.07 bits per heavy atom. The third kappa shape index (κ3) is 7.83. The van der Waals surface area contributed by atoms with Crippen molar-refractivity contribution in [1.29, 1.82) is 0 Å². The minimum atomic E-state index is 0. The first-order chi connectivity index (χ1) is 11.8. The second-order valence-electron chi connectivity index (χ2n) is 7.89.